The van der Waals surface area contributed by atoms with Gasteiger partial charge in [0.25, 0.3) is 5.91 Å². The van der Waals surface area contributed by atoms with E-state index in [9.17, 15) is 9.59 Å². The average molecular weight is 544 g/mol. The summed E-state index contributed by atoms with van der Waals surface area (Å²) in [6, 6.07) is 7.32. The highest BCUT2D eigenvalue weighted by molar-refractivity contribution is 5.92. The van der Waals surface area contributed by atoms with E-state index in [2.05, 4.69) is 0 Å². The van der Waals surface area contributed by atoms with Gasteiger partial charge in [-0.2, -0.15) is 0 Å². The Hall–Kier alpha value is -2.72. The van der Waals surface area contributed by atoms with Crippen LogP contribution < -0.4 is 5.43 Å². The molecule has 1 aliphatic heterocycles. The molecule has 0 radical (unpaired) electrons. The highest BCUT2D eigenvalue weighted by Crippen LogP contribution is 2.39. The van der Waals surface area contributed by atoms with Gasteiger partial charge in [-0.15, -0.1) is 0 Å². The van der Waals surface area contributed by atoms with E-state index in [-0.39, 0.29) is 42.3 Å². The fourth-order valence-electron chi connectivity index (χ4n) is 5.52. The Morgan fingerprint density at radius 1 is 1.08 bits per heavy atom. The molecule has 1 amide bonds. The fourth-order valence-corrected chi connectivity index (χ4v) is 5.52. The number of aliphatic hydroxyl groups excluding tert-OH is 1. The van der Waals surface area contributed by atoms with Crippen LogP contribution in [0.4, 0.5) is 0 Å². The van der Waals surface area contributed by atoms with Crippen molar-refractivity contribution in [1.82, 2.24) is 4.90 Å². The molecule has 9 nitrogen and oxygen atoms in total. The molecule has 214 valence electrons. The summed E-state index contributed by atoms with van der Waals surface area (Å²) in [5, 5.41) is 9.35. The second kappa shape index (κ2) is 14.6. The molecule has 1 fully saturated rings. The van der Waals surface area contributed by atoms with E-state index < -0.39 is 12.2 Å². The zero-order chi connectivity index (χ0) is 27.6. The molecule has 1 aromatic heterocycles. The first-order chi connectivity index (χ1) is 19.0. The van der Waals surface area contributed by atoms with Crippen LogP contribution in [0.2, 0.25) is 0 Å². The van der Waals surface area contributed by atoms with E-state index in [1.165, 1.54) is 12.7 Å². The first-order valence-electron chi connectivity index (χ1n) is 14.1. The van der Waals surface area contributed by atoms with Crippen LogP contribution in [0.1, 0.15) is 56.9 Å². The van der Waals surface area contributed by atoms with Crippen LogP contribution in [0.15, 0.2) is 51.6 Å². The van der Waals surface area contributed by atoms with E-state index in [1.54, 1.807) is 23.1 Å². The van der Waals surface area contributed by atoms with E-state index in [4.69, 9.17) is 28.5 Å². The third kappa shape index (κ3) is 7.28. The zero-order valence-corrected chi connectivity index (χ0v) is 23.0. The molecular weight excluding hydrogens is 502 g/mol. The number of likely N-dealkylation sites (N-methyl/N-ethyl adjacent to an activating group) is 1. The summed E-state index contributed by atoms with van der Waals surface area (Å²) in [6.07, 6.45) is 8.43. The lowest BCUT2D eigenvalue weighted by atomic mass is 9.81. The number of rotatable bonds is 13. The number of hydrogen-bond acceptors (Lipinski definition) is 8. The lowest BCUT2D eigenvalue weighted by Gasteiger charge is -2.38. The monoisotopic (exact) mass is 543 g/mol. The molecule has 1 saturated carbocycles. The molecule has 0 bridgehead atoms. The number of hydrogen-bond donors (Lipinski definition) is 1. The summed E-state index contributed by atoms with van der Waals surface area (Å²) >= 11 is 0. The summed E-state index contributed by atoms with van der Waals surface area (Å²) < 4.78 is 29.1. The largest absolute Gasteiger partial charge is 0.464 e. The first kappa shape index (κ1) is 29.3. The molecule has 1 N–H and O–H groups in total. The summed E-state index contributed by atoms with van der Waals surface area (Å²) in [5.41, 5.74) is 0.842. The van der Waals surface area contributed by atoms with Crippen molar-refractivity contribution in [3.8, 4) is 0 Å². The molecular formula is C30H41NO8. The molecule has 2 heterocycles. The third-order valence-corrected chi connectivity index (χ3v) is 7.64. The minimum absolute atomic E-state index is 0.0329. The van der Waals surface area contributed by atoms with Gasteiger partial charge in [-0.05, 0) is 44.4 Å². The van der Waals surface area contributed by atoms with Crippen molar-refractivity contribution in [2.45, 2.75) is 63.7 Å². The van der Waals surface area contributed by atoms with Gasteiger partial charge in [0.2, 0.25) is 6.29 Å². The second-order valence-corrected chi connectivity index (χ2v) is 10.1. The quantitative estimate of drug-likeness (QED) is 0.378. The van der Waals surface area contributed by atoms with Crippen molar-refractivity contribution in [3.05, 3.63) is 58.2 Å². The number of amides is 1. The molecule has 39 heavy (non-hydrogen) atoms. The maximum absolute atomic E-state index is 13.6. The smallest absolute Gasteiger partial charge is 0.288 e. The Morgan fingerprint density at radius 3 is 2.56 bits per heavy atom. The van der Waals surface area contributed by atoms with E-state index in [1.807, 2.05) is 26.1 Å². The Morgan fingerprint density at radius 2 is 1.82 bits per heavy atom. The molecule has 1 aliphatic carbocycles. The van der Waals surface area contributed by atoms with Gasteiger partial charge in [-0.3, -0.25) is 9.59 Å². The van der Waals surface area contributed by atoms with E-state index >= 15 is 0 Å². The molecule has 1 aromatic carbocycles. The first-order valence-corrected chi connectivity index (χ1v) is 14.1. The summed E-state index contributed by atoms with van der Waals surface area (Å²) in [6.45, 7) is 3.63. The van der Waals surface area contributed by atoms with Gasteiger partial charge < -0.3 is 33.4 Å². The van der Waals surface area contributed by atoms with Crippen LogP contribution >= 0.6 is 0 Å². The predicted octanol–water partition coefficient (Wildman–Crippen LogP) is 3.98. The molecule has 9 heteroatoms. The number of para-hydroxylation sites is 1. The molecule has 2 aromatic rings. The Balaban J connectivity index is 1.63. The Kier molecular flexibility index (Phi) is 11.0. The molecule has 0 unspecified atom stereocenters. The van der Waals surface area contributed by atoms with Gasteiger partial charge in [0, 0.05) is 43.7 Å². The number of aliphatic hydroxyl groups is 1. The summed E-state index contributed by atoms with van der Waals surface area (Å²) in [7, 11) is 1.83. The summed E-state index contributed by atoms with van der Waals surface area (Å²) in [5.74, 6) is -0.751. The second-order valence-electron chi connectivity index (χ2n) is 10.1. The lowest BCUT2D eigenvalue weighted by molar-refractivity contribution is -0.172. The lowest BCUT2D eigenvalue weighted by Crippen LogP contribution is -2.44. The van der Waals surface area contributed by atoms with Gasteiger partial charge in [0.15, 0.2) is 11.2 Å². The predicted molar refractivity (Wildman–Crippen MR) is 146 cm³/mol. The number of fused-ring (bicyclic) bond motifs is 1. The van der Waals surface area contributed by atoms with E-state index in [0.717, 1.165) is 25.7 Å². The van der Waals surface area contributed by atoms with Crippen LogP contribution in [0.3, 0.4) is 0 Å². The third-order valence-electron chi connectivity index (χ3n) is 7.64. The van der Waals surface area contributed by atoms with Crippen molar-refractivity contribution in [2.24, 2.45) is 5.92 Å². The van der Waals surface area contributed by atoms with Crippen molar-refractivity contribution in [1.29, 1.82) is 0 Å². The van der Waals surface area contributed by atoms with E-state index in [0.29, 0.717) is 49.4 Å². The van der Waals surface area contributed by atoms with Crippen LogP contribution in [-0.2, 0) is 23.7 Å². The van der Waals surface area contributed by atoms with Crippen molar-refractivity contribution in [3.63, 3.8) is 0 Å². The standard InChI is InChI=1S/C30H41NO8/c1-3-37-30-22(13-15-35-17-18-36-16-14-32)24(25-20-38-26-12-8-7-11-23(26)28(25)33)19-27(39-30)29(34)31(2)21-9-5-4-6-10-21/h7-8,11-12,19-22,24,30,32H,3-6,9-10,13-18H2,1-2H3/t22-,24+,30-/m1/s1. The molecule has 3 atom stereocenters. The fraction of sp³-hybridized carbons (Fsp3) is 0.600. The highest BCUT2D eigenvalue weighted by Gasteiger charge is 2.40. The Bertz CT molecular complexity index is 1160. The number of nitrogens with zero attached hydrogens (tertiary/aromatic N) is 1. The minimum atomic E-state index is -0.733. The van der Waals surface area contributed by atoms with Crippen molar-refractivity contribution >= 4 is 16.9 Å². The normalized spacial score (nSPS) is 21.9. The molecule has 4 rings (SSSR count). The minimum Gasteiger partial charge on any atom is -0.464 e. The molecule has 0 saturated heterocycles. The number of ether oxygens (including phenoxy) is 4. The van der Waals surface area contributed by atoms with Crippen LogP contribution in [0, 0.1) is 5.92 Å². The Labute approximate surface area is 229 Å². The molecule has 0 spiro atoms. The number of carbonyl (C=O) groups excluding carboxylic acids is 1. The van der Waals surface area contributed by atoms with Gasteiger partial charge in [-0.25, -0.2) is 0 Å². The van der Waals surface area contributed by atoms with Crippen LogP contribution in [0.25, 0.3) is 11.0 Å². The van der Waals surface area contributed by atoms with Crippen LogP contribution in [-0.4, -0.2) is 74.9 Å². The SMILES string of the molecule is CCO[C@@H]1OC(C(=O)N(C)C2CCCCC2)=C[C@H](c2coc3ccccc3c2=O)[C@H]1CCOCCOCCO. The maximum atomic E-state index is 13.6. The number of benzene rings is 1. The highest BCUT2D eigenvalue weighted by atomic mass is 16.7. The van der Waals surface area contributed by atoms with Crippen molar-refractivity contribution < 1.29 is 33.3 Å². The van der Waals surface area contributed by atoms with Gasteiger partial charge in [0.05, 0.1) is 38.1 Å². The van der Waals surface area contributed by atoms with Gasteiger partial charge >= 0.3 is 0 Å². The van der Waals surface area contributed by atoms with Gasteiger partial charge in [0.1, 0.15) is 5.58 Å². The average Bonchev–Trinajstić information content (AvgIpc) is 2.97. The molecule has 2 aliphatic rings. The maximum Gasteiger partial charge on any atom is 0.288 e. The topological polar surface area (TPSA) is 108 Å². The van der Waals surface area contributed by atoms with Crippen LogP contribution in [0.5, 0.6) is 0 Å². The zero-order valence-electron chi connectivity index (χ0n) is 23.0. The van der Waals surface area contributed by atoms with Gasteiger partial charge in [-0.1, -0.05) is 31.4 Å². The summed E-state index contributed by atoms with van der Waals surface area (Å²) in [4.78, 5) is 29.1. The van der Waals surface area contributed by atoms with Crippen molar-refractivity contribution in [2.75, 3.05) is 46.7 Å². The number of carbonyl (C=O) groups is 1. The number of allylic oxidation sites excluding steroid dienone is 1.